The molecule has 6 nitrogen and oxygen atoms in total. The maximum Gasteiger partial charge on any atom is 0.433 e. The number of hydrogen-bond donors (Lipinski definition) is 2. The second-order valence-electron chi connectivity index (χ2n) is 3.21. The molecule has 0 saturated heterocycles. The standard InChI is InChI=1S/C9H11F3N4O2/c10-9(11,12)6-1-2-14-8(16-6)15-3-4-18-5-7(13)17/h1-2H,3-5H2,(H2,13,17)(H,14,15,16). The fourth-order valence-electron chi connectivity index (χ4n) is 1.01. The van der Waals surface area contributed by atoms with Crippen LogP contribution in [0.4, 0.5) is 19.1 Å². The highest BCUT2D eigenvalue weighted by molar-refractivity contribution is 5.74. The number of alkyl halides is 3. The molecule has 0 radical (unpaired) electrons. The van der Waals surface area contributed by atoms with Crippen molar-refractivity contribution in [3.63, 3.8) is 0 Å². The Kier molecular flexibility index (Phi) is 4.84. The van der Waals surface area contributed by atoms with Crippen LogP contribution in [0, 0.1) is 0 Å². The molecular formula is C9H11F3N4O2. The van der Waals surface area contributed by atoms with Gasteiger partial charge in [0.25, 0.3) is 0 Å². The van der Waals surface area contributed by atoms with E-state index in [1.54, 1.807) is 0 Å². The monoisotopic (exact) mass is 264 g/mol. The van der Waals surface area contributed by atoms with E-state index in [1.807, 2.05) is 0 Å². The van der Waals surface area contributed by atoms with E-state index in [0.29, 0.717) is 0 Å². The number of anilines is 1. The van der Waals surface area contributed by atoms with Crippen LogP contribution in [0.15, 0.2) is 12.3 Å². The Morgan fingerprint density at radius 1 is 1.50 bits per heavy atom. The van der Waals surface area contributed by atoms with Crippen molar-refractivity contribution in [2.75, 3.05) is 25.1 Å². The summed E-state index contributed by atoms with van der Waals surface area (Å²) in [4.78, 5) is 17.2. The van der Waals surface area contributed by atoms with E-state index in [2.05, 4.69) is 15.3 Å². The van der Waals surface area contributed by atoms with Crippen molar-refractivity contribution in [3.8, 4) is 0 Å². The third kappa shape index (κ3) is 4.95. The van der Waals surface area contributed by atoms with Crippen molar-refractivity contribution in [3.05, 3.63) is 18.0 Å². The molecule has 0 aromatic carbocycles. The number of carbonyl (C=O) groups excluding carboxylic acids is 1. The second-order valence-corrected chi connectivity index (χ2v) is 3.21. The third-order valence-electron chi connectivity index (χ3n) is 1.72. The summed E-state index contributed by atoms with van der Waals surface area (Å²) in [6, 6.07) is 0.773. The minimum absolute atomic E-state index is 0.0997. The SMILES string of the molecule is NC(=O)COCCNc1nccc(C(F)(F)F)n1. The average molecular weight is 264 g/mol. The molecule has 1 heterocycles. The molecule has 0 aliphatic carbocycles. The number of primary amides is 1. The lowest BCUT2D eigenvalue weighted by Crippen LogP contribution is -2.21. The highest BCUT2D eigenvalue weighted by Gasteiger charge is 2.32. The molecule has 100 valence electrons. The van der Waals surface area contributed by atoms with Gasteiger partial charge in [0.05, 0.1) is 6.61 Å². The van der Waals surface area contributed by atoms with Gasteiger partial charge in [0.1, 0.15) is 12.3 Å². The summed E-state index contributed by atoms with van der Waals surface area (Å²) in [6.45, 7) is 0.0161. The van der Waals surface area contributed by atoms with E-state index in [1.165, 1.54) is 0 Å². The first-order chi connectivity index (χ1) is 8.39. The van der Waals surface area contributed by atoms with Crippen LogP contribution in [-0.4, -0.2) is 35.6 Å². The molecule has 0 aliphatic heterocycles. The molecule has 1 rings (SSSR count). The van der Waals surface area contributed by atoms with Gasteiger partial charge in [-0.1, -0.05) is 0 Å². The first kappa shape index (κ1) is 14.2. The summed E-state index contributed by atoms with van der Waals surface area (Å²) < 4.78 is 41.7. The normalized spacial score (nSPS) is 11.3. The number of nitrogens with zero attached hydrogens (tertiary/aromatic N) is 2. The zero-order valence-corrected chi connectivity index (χ0v) is 9.20. The van der Waals surface area contributed by atoms with Gasteiger partial charge in [-0.3, -0.25) is 4.79 Å². The Bertz CT molecular complexity index is 411. The smallest absolute Gasteiger partial charge is 0.370 e. The molecule has 3 N–H and O–H groups in total. The van der Waals surface area contributed by atoms with E-state index in [4.69, 9.17) is 10.5 Å². The predicted molar refractivity (Wildman–Crippen MR) is 55.5 cm³/mol. The molecule has 1 aromatic heterocycles. The predicted octanol–water partition coefficient (Wildman–Crippen LogP) is 0.409. The molecule has 0 bridgehead atoms. The lowest BCUT2D eigenvalue weighted by molar-refractivity contribution is -0.141. The number of nitrogens with one attached hydrogen (secondary N) is 1. The molecule has 18 heavy (non-hydrogen) atoms. The zero-order chi connectivity index (χ0) is 13.6. The maximum atomic E-state index is 12.3. The summed E-state index contributed by atoms with van der Waals surface area (Å²) >= 11 is 0. The van der Waals surface area contributed by atoms with Crippen LogP contribution in [0.2, 0.25) is 0 Å². The van der Waals surface area contributed by atoms with Gasteiger partial charge in [-0.15, -0.1) is 0 Å². The van der Waals surface area contributed by atoms with Gasteiger partial charge < -0.3 is 15.8 Å². The number of hydrogen-bond acceptors (Lipinski definition) is 5. The van der Waals surface area contributed by atoms with Crippen molar-refractivity contribution in [1.82, 2.24) is 9.97 Å². The molecule has 9 heteroatoms. The van der Waals surface area contributed by atoms with Crippen LogP contribution in [0.3, 0.4) is 0 Å². The molecule has 1 amide bonds. The molecule has 0 fully saturated rings. The summed E-state index contributed by atoms with van der Waals surface area (Å²) in [5, 5.41) is 2.53. The van der Waals surface area contributed by atoms with Crippen molar-refractivity contribution in [1.29, 1.82) is 0 Å². The molecule has 1 aromatic rings. The van der Waals surface area contributed by atoms with Gasteiger partial charge in [0, 0.05) is 12.7 Å². The van der Waals surface area contributed by atoms with Crippen molar-refractivity contribution < 1.29 is 22.7 Å². The minimum Gasteiger partial charge on any atom is -0.370 e. The highest BCUT2D eigenvalue weighted by atomic mass is 19.4. The van der Waals surface area contributed by atoms with Gasteiger partial charge in [0.2, 0.25) is 11.9 Å². The summed E-state index contributed by atoms with van der Waals surface area (Å²) in [7, 11) is 0. The van der Waals surface area contributed by atoms with Gasteiger partial charge in [0.15, 0.2) is 0 Å². The number of rotatable bonds is 6. The lowest BCUT2D eigenvalue weighted by atomic mass is 10.4. The first-order valence-corrected chi connectivity index (χ1v) is 4.90. The zero-order valence-electron chi connectivity index (χ0n) is 9.20. The van der Waals surface area contributed by atoms with Gasteiger partial charge >= 0.3 is 6.18 Å². The van der Waals surface area contributed by atoms with Gasteiger partial charge in [-0.25, -0.2) is 9.97 Å². The van der Waals surface area contributed by atoms with Gasteiger partial charge in [-0.2, -0.15) is 13.2 Å². The number of amides is 1. The van der Waals surface area contributed by atoms with Crippen molar-refractivity contribution >= 4 is 11.9 Å². The van der Waals surface area contributed by atoms with E-state index < -0.39 is 17.8 Å². The topological polar surface area (TPSA) is 90.1 Å². The summed E-state index contributed by atoms with van der Waals surface area (Å²) in [5.74, 6) is -0.780. The lowest BCUT2D eigenvalue weighted by Gasteiger charge is -2.08. The van der Waals surface area contributed by atoms with Crippen molar-refractivity contribution in [2.45, 2.75) is 6.18 Å². The number of nitrogens with two attached hydrogens (primary N) is 1. The quantitative estimate of drug-likeness (QED) is 0.726. The Morgan fingerprint density at radius 2 is 2.22 bits per heavy atom. The first-order valence-electron chi connectivity index (χ1n) is 4.90. The van der Waals surface area contributed by atoms with E-state index >= 15 is 0 Å². The van der Waals surface area contributed by atoms with E-state index in [0.717, 1.165) is 12.3 Å². The maximum absolute atomic E-state index is 12.3. The van der Waals surface area contributed by atoms with Crippen LogP contribution in [0.5, 0.6) is 0 Å². The van der Waals surface area contributed by atoms with Crippen LogP contribution in [0.1, 0.15) is 5.69 Å². The Morgan fingerprint density at radius 3 is 2.83 bits per heavy atom. The number of carbonyl (C=O) groups is 1. The van der Waals surface area contributed by atoms with Crippen LogP contribution < -0.4 is 11.1 Å². The Hall–Kier alpha value is -1.90. The fourth-order valence-corrected chi connectivity index (χ4v) is 1.01. The summed E-state index contributed by atoms with van der Waals surface area (Å²) in [6.07, 6.45) is -3.51. The average Bonchev–Trinajstić information content (AvgIpc) is 2.27. The van der Waals surface area contributed by atoms with Crippen LogP contribution in [-0.2, 0) is 15.7 Å². The second kappa shape index (κ2) is 6.15. The number of aromatic nitrogens is 2. The molecule has 0 saturated carbocycles. The molecule has 0 atom stereocenters. The van der Waals surface area contributed by atoms with E-state index in [9.17, 15) is 18.0 Å². The molecule has 0 unspecified atom stereocenters. The largest absolute Gasteiger partial charge is 0.433 e. The molecular weight excluding hydrogens is 253 g/mol. The fraction of sp³-hybridized carbons (Fsp3) is 0.444. The number of ether oxygens (including phenoxy) is 1. The van der Waals surface area contributed by atoms with E-state index in [-0.39, 0.29) is 25.7 Å². The van der Waals surface area contributed by atoms with Crippen molar-refractivity contribution in [2.24, 2.45) is 5.73 Å². The minimum atomic E-state index is -4.51. The molecule has 0 spiro atoms. The Balaban J connectivity index is 2.41. The van der Waals surface area contributed by atoms with Crippen LogP contribution >= 0.6 is 0 Å². The molecule has 0 aliphatic rings. The van der Waals surface area contributed by atoms with Gasteiger partial charge in [-0.05, 0) is 6.07 Å². The summed E-state index contributed by atoms with van der Waals surface area (Å²) in [5.41, 5.74) is 3.79. The Labute approximate surface area is 100 Å². The highest BCUT2D eigenvalue weighted by Crippen LogP contribution is 2.27. The number of halogens is 3. The third-order valence-corrected chi connectivity index (χ3v) is 1.72. The van der Waals surface area contributed by atoms with Crippen LogP contribution in [0.25, 0.3) is 0 Å².